The molecular weight excluding hydrogens is 318 g/mol. The highest BCUT2D eigenvalue weighted by Gasteiger charge is 2.15. The van der Waals surface area contributed by atoms with Crippen LogP contribution in [0.1, 0.15) is 10.8 Å². The van der Waals surface area contributed by atoms with Crippen LogP contribution in [0.15, 0.2) is 21.7 Å². The van der Waals surface area contributed by atoms with Gasteiger partial charge in [-0.05, 0) is 18.4 Å². The molecule has 0 saturated carbocycles. The van der Waals surface area contributed by atoms with Crippen LogP contribution < -0.4 is 4.72 Å². The van der Waals surface area contributed by atoms with Crippen molar-refractivity contribution in [3.8, 4) is 0 Å². The summed E-state index contributed by atoms with van der Waals surface area (Å²) in [6, 6.07) is 3.30. The fraction of sp³-hybridized carbons (Fsp3) is 0.300. The fourth-order valence-corrected chi connectivity index (χ4v) is 4.58. The average Bonchev–Trinajstić information content (AvgIpc) is 3.09. The molecule has 0 radical (unpaired) electrons. The first kappa shape index (κ1) is 13.6. The standard InChI is InChI=1S/C10H11N5O2S3/c1-7-12-13-10-15(7)14-8(19-10)4-5-11-20(16,17)9-3-2-6-18-9/h2-3,6,11H,4-5H2,1H3. The zero-order valence-electron chi connectivity index (χ0n) is 10.5. The van der Waals surface area contributed by atoms with Crippen LogP contribution in [-0.2, 0) is 16.4 Å². The van der Waals surface area contributed by atoms with Crippen LogP contribution >= 0.6 is 22.7 Å². The number of hydrogen-bond acceptors (Lipinski definition) is 7. The van der Waals surface area contributed by atoms with E-state index in [1.54, 1.807) is 22.0 Å². The maximum absolute atomic E-state index is 11.9. The van der Waals surface area contributed by atoms with Gasteiger partial charge < -0.3 is 0 Å². The molecule has 0 atom stereocenters. The number of sulfonamides is 1. The van der Waals surface area contributed by atoms with Crippen molar-refractivity contribution in [2.75, 3.05) is 6.54 Å². The lowest BCUT2D eigenvalue weighted by molar-refractivity contribution is 0.583. The highest BCUT2D eigenvalue weighted by Crippen LogP contribution is 2.16. The van der Waals surface area contributed by atoms with Crippen LogP contribution in [0.3, 0.4) is 0 Å². The van der Waals surface area contributed by atoms with Crippen LogP contribution in [0.4, 0.5) is 0 Å². The molecule has 0 unspecified atom stereocenters. The topological polar surface area (TPSA) is 89.2 Å². The first-order chi connectivity index (χ1) is 9.56. The van der Waals surface area contributed by atoms with E-state index in [9.17, 15) is 8.42 Å². The van der Waals surface area contributed by atoms with Crippen molar-refractivity contribution in [3.63, 3.8) is 0 Å². The molecule has 3 aromatic rings. The third kappa shape index (κ3) is 2.59. The van der Waals surface area contributed by atoms with Gasteiger partial charge in [-0.2, -0.15) is 9.61 Å². The van der Waals surface area contributed by atoms with Gasteiger partial charge in [-0.1, -0.05) is 17.4 Å². The van der Waals surface area contributed by atoms with Gasteiger partial charge in [-0.3, -0.25) is 0 Å². The molecule has 7 nitrogen and oxygen atoms in total. The molecule has 3 rings (SSSR count). The fourth-order valence-electron chi connectivity index (χ4n) is 1.64. The number of thiophene rings is 1. The SMILES string of the molecule is Cc1nnc2sc(CCNS(=O)(=O)c3cccs3)nn12. The molecule has 0 aromatic carbocycles. The summed E-state index contributed by atoms with van der Waals surface area (Å²) in [7, 11) is -3.40. The van der Waals surface area contributed by atoms with Crippen LogP contribution in [0.5, 0.6) is 0 Å². The van der Waals surface area contributed by atoms with Crippen LogP contribution in [0.2, 0.25) is 0 Å². The summed E-state index contributed by atoms with van der Waals surface area (Å²) in [5, 5.41) is 14.8. The van der Waals surface area contributed by atoms with Gasteiger partial charge in [0.25, 0.3) is 0 Å². The summed E-state index contributed by atoms with van der Waals surface area (Å²) in [6.45, 7) is 2.13. The van der Waals surface area contributed by atoms with Crippen molar-refractivity contribution < 1.29 is 8.42 Å². The van der Waals surface area contributed by atoms with Crippen molar-refractivity contribution >= 4 is 37.7 Å². The van der Waals surface area contributed by atoms with E-state index in [0.717, 1.165) is 15.8 Å². The Morgan fingerprint density at radius 1 is 1.40 bits per heavy atom. The molecule has 1 N–H and O–H groups in total. The second kappa shape index (κ2) is 5.20. The lowest BCUT2D eigenvalue weighted by Crippen LogP contribution is -2.25. The van der Waals surface area contributed by atoms with E-state index in [2.05, 4.69) is 20.0 Å². The van der Waals surface area contributed by atoms with E-state index in [4.69, 9.17) is 0 Å². The number of aromatic nitrogens is 4. The van der Waals surface area contributed by atoms with Gasteiger partial charge >= 0.3 is 0 Å². The van der Waals surface area contributed by atoms with E-state index in [1.807, 2.05) is 6.92 Å². The minimum Gasteiger partial charge on any atom is -0.210 e. The highest BCUT2D eigenvalue weighted by molar-refractivity contribution is 7.91. The largest absolute Gasteiger partial charge is 0.250 e. The van der Waals surface area contributed by atoms with E-state index in [1.165, 1.54) is 22.7 Å². The molecule has 0 bridgehead atoms. The summed E-state index contributed by atoms with van der Waals surface area (Å²) in [4.78, 5) is 0.721. The van der Waals surface area contributed by atoms with Gasteiger partial charge in [0.2, 0.25) is 15.0 Å². The third-order valence-corrected chi connectivity index (χ3v) is 6.40. The Kier molecular flexibility index (Phi) is 3.54. The predicted molar refractivity (Wildman–Crippen MR) is 76.6 cm³/mol. The highest BCUT2D eigenvalue weighted by atomic mass is 32.2. The summed E-state index contributed by atoms with van der Waals surface area (Å²) in [5.74, 6) is 0.724. The average molecular weight is 329 g/mol. The molecule has 20 heavy (non-hydrogen) atoms. The lowest BCUT2D eigenvalue weighted by Gasteiger charge is -2.02. The van der Waals surface area contributed by atoms with Gasteiger partial charge in [0.15, 0.2) is 5.82 Å². The third-order valence-electron chi connectivity index (χ3n) is 2.58. The Morgan fingerprint density at radius 2 is 2.25 bits per heavy atom. The second-order valence-electron chi connectivity index (χ2n) is 4.02. The summed E-state index contributed by atoms with van der Waals surface area (Å²) in [6.07, 6.45) is 0.526. The van der Waals surface area contributed by atoms with Crippen molar-refractivity contribution in [2.24, 2.45) is 0 Å². The van der Waals surface area contributed by atoms with Gasteiger partial charge in [-0.25, -0.2) is 13.1 Å². The van der Waals surface area contributed by atoms with Gasteiger partial charge in [0, 0.05) is 13.0 Å². The zero-order valence-corrected chi connectivity index (χ0v) is 12.9. The van der Waals surface area contributed by atoms with Gasteiger partial charge in [0.05, 0.1) is 0 Å². The van der Waals surface area contributed by atoms with E-state index < -0.39 is 10.0 Å². The molecule has 3 aromatic heterocycles. The maximum atomic E-state index is 11.9. The van der Waals surface area contributed by atoms with Crippen molar-refractivity contribution in [3.05, 3.63) is 28.3 Å². The van der Waals surface area contributed by atoms with Crippen LogP contribution in [0, 0.1) is 6.92 Å². The summed E-state index contributed by atoms with van der Waals surface area (Å²) < 4.78 is 28.4. The smallest absolute Gasteiger partial charge is 0.210 e. The normalized spacial score (nSPS) is 12.2. The zero-order chi connectivity index (χ0) is 14.2. The van der Waals surface area contributed by atoms with Crippen LogP contribution in [0.25, 0.3) is 4.96 Å². The molecule has 0 spiro atoms. The molecule has 106 valence electrons. The van der Waals surface area contributed by atoms with E-state index in [-0.39, 0.29) is 0 Å². The number of aryl methyl sites for hydroxylation is 1. The number of nitrogens with zero attached hydrogens (tertiary/aromatic N) is 4. The first-order valence-corrected chi connectivity index (χ1v) is 8.95. The predicted octanol–water partition coefficient (Wildman–Crippen LogP) is 1.08. The quantitative estimate of drug-likeness (QED) is 0.756. The van der Waals surface area contributed by atoms with Crippen molar-refractivity contribution in [1.29, 1.82) is 0 Å². The molecule has 0 aliphatic rings. The Bertz CT molecular complexity index is 818. The molecule has 10 heteroatoms. The molecule has 0 fully saturated rings. The molecule has 0 amide bonds. The Labute approximate surface area is 123 Å². The number of rotatable bonds is 5. The van der Waals surface area contributed by atoms with Crippen molar-refractivity contribution in [2.45, 2.75) is 17.6 Å². The Hall–Kier alpha value is -1.36. The monoisotopic (exact) mass is 329 g/mol. The van der Waals surface area contributed by atoms with E-state index >= 15 is 0 Å². The summed E-state index contributed by atoms with van der Waals surface area (Å²) >= 11 is 2.61. The minimum atomic E-state index is -3.40. The number of fused-ring (bicyclic) bond motifs is 1. The Morgan fingerprint density at radius 3 is 2.95 bits per heavy atom. The first-order valence-electron chi connectivity index (χ1n) is 5.77. The summed E-state index contributed by atoms with van der Waals surface area (Å²) in [5.41, 5.74) is 0. The van der Waals surface area contributed by atoms with E-state index in [0.29, 0.717) is 17.2 Å². The van der Waals surface area contributed by atoms with Crippen LogP contribution in [-0.4, -0.2) is 34.8 Å². The molecule has 3 heterocycles. The lowest BCUT2D eigenvalue weighted by atomic mass is 10.5. The molecular formula is C10H11N5O2S3. The second-order valence-corrected chi connectivity index (χ2v) is 8.00. The molecule has 0 aliphatic heterocycles. The molecule has 0 aliphatic carbocycles. The number of hydrogen-bond donors (Lipinski definition) is 1. The van der Waals surface area contributed by atoms with Gasteiger partial charge in [0.1, 0.15) is 9.22 Å². The van der Waals surface area contributed by atoms with Gasteiger partial charge in [-0.15, -0.1) is 21.5 Å². The maximum Gasteiger partial charge on any atom is 0.250 e. The van der Waals surface area contributed by atoms with Crippen molar-refractivity contribution in [1.82, 2.24) is 24.5 Å². The number of nitrogens with one attached hydrogen (secondary N) is 1. The Balaban J connectivity index is 1.65. The minimum absolute atomic E-state index is 0.309. The molecule has 0 saturated heterocycles.